The summed E-state index contributed by atoms with van der Waals surface area (Å²) in [4.78, 5) is 33.0. The molecule has 3 aromatic heterocycles. The van der Waals surface area contributed by atoms with Gasteiger partial charge in [0.2, 0.25) is 11.7 Å². The van der Waals surface area contributed by atoms with Gasteiger partial charge < -0.3 is 13.9 Å². The molecular weight excluding hydrogens is 562 g/mol. The van der Waals surface area contributed by atoms with Crippen molar-refractivity contribution in [1.82, 2.24) is 14.6 Å². The second-order valence-corrected chi connectivity index (χ2v) is 9.61. The average Bonchev–Trinajstić information content (AvgIpc) is 3.47. The molecule has 11 heteroatoms. The van der Waals surface area contributed by atoms with E-state index in [9.17, 15) is 14.9 Å². The number of nitrogens with zero attached hydrogens (tertiary/aromatic N) is 5. The van der Waals surface area contributed by atoms with Crippen LogP contribution < -0.4 is 15.0 Å². The standard InChI is InChI=1S/C33H25N5O6/c1-3-9-23-16-21(17-28(42-4-2)31(23)44-30-15-14-24(20-34-30)38(40)41)19-35-37-32(29-18-22-10-5-8-13-27(22)43-29)36-26-12-7-6-11-25(26)33(37)39/h3,5-8,10-20H,1,4,9H2,2H3. The predicted octanol–water partition coefficient (Wildman–Crippen LogP) is 6.91. The Morgan fingerprint density at radius 2 is 1.91 bits per heavy atom. The highest BCUT2D eigenvalue weighted by atomic mass is 16.6. The third-order valence-electron chi connectivity index (χ3n) is 6.68. The Hall–Kier alpha value is -6.10. The van der Waals surface area contributed by atoms with Crippen molar-refractivity contribution in [3.63, 3.8) is 0 Å². The first-order valence-electron chi connectivity index (χ1n) is 13.7. The monoisotopic (exact) mass is 587 g/mol. The SMILES string of the molecule is C=CCc1cc(C=Nn2c(-c3cc4ccccc4o3)nc3ccccc3c2=O)cc(OCC)c1Oc1ccc([N+](=O)[O-])cn1. The molecule has 44 heavy (non-hydrogen) atoms. The molecule has 6 aromatic rings. The van der Waals surface area contributed by atoms with E-state index in [2.05, 4.69) is 16.7 Å². The maximum atomic E-state index is 13.7. The largest absolute Gasteiger partial charge is 0.490 e. The number of allylic oxidation sites excluding steroid dienone is 1. The van der Waals surface area contributed by atoms with E-state index in [1.165, 1.54) is 23.0 Å². The van der Waals surface area contributed by atoms with Gasteiger partial charge in [-0.15, -0.1) is 6.58 Å². The van der Waals surface area contributed by atoms with Crippen LogP contribution in [0.2, 0.25) is 0 Å². The van der Waals surface area contributed by atoms with Crippen LogP contribution in [0.25, 0.3) is 33.5 Å². The molecule has 0 aliphatic carbocycles. The van der Waals surface area contributed by atoms with Crippen molar-refractivity contribution in [3.8, 4) is 29.0 Å². The van der Waals surface area contributed by atoms with Gasteiger partial charge in [-0.25, -0.2) is 9.97 Å². The van der Waals surface area contributed by atoms with E-state index >= 15 is 0 Å². The fourth-order valence-electron chi connectivity index (χ4n) is 4.70. The van der Waals surface area contributed by atoms with Crippen LogP contribution in [0.15, 0.2) is 112 Å². The number of benzene rings is 3. The maximum absolute atomic E-state index is 13.7. The number of furan rings is 1. The third kappa shape index (κ3) is 5.53. The van der Waals surface area contributed by atoms with Crippen LogP contribution in [0, 0.1) is 10.1 Å². The van der Waals surface area contributed by atoms with Crippen molar-refractivity contribution in [3.05, 3.63) is 129 Å². The molecule has 3 aromatic carbocycles. The Balaban J connectivity index is 1.45. The van der Waals surface area contributed by atoms with Gasteiger partial charge in [-0.05, 0) is 55.3 Å². The van der Waals surface area contributed by atoms with Gasteiger partial charge in [0.05, 0.1) is 28.6 Å². The normalized spacial score (nSPS) is 11.3. The molecule has 0 fully saturated rings. The van der Waals surface area contributed by atoms with E-state index in [-0.39, 0.29) is 23.0 Å². The zero-order valence-electron chi connectivity index (χ0n) is 23.5. The molecule has 0 N–H and O–H groups in total. The fourth-order valence-corrected chi connectivity index (χ4v) is 4.70. The molecule has 0 unspecified atom stereocenters. The van der Waals surface area contributed by atoms with Crippen molar-refractivity contribution in [2.75, 3.05) is 6.61 Å². The number of hydrogen-bond donors (Lipinski definition) is 0. The van der Waals surface area contributed by atoms with E-state index in [1.54, 1.807) is 30.3 Å². The Bertz CT molecular complexity index is 2080. The van der Waals surface area contributed by atoms with E-state index in [0.29, 0.717) is 57.9 Å². The zero-order valence-corrected chi connectivity index (χ0v) is 23.5. The molecule has 11 nitrogen and oxygen atoms in total. The lowest BCUT2D eigenvalue weighted by Crippen LogP contribution is -2.20. The van der Waals surface area contributed by atoms with E-state index in [0.717, 1.165) is 11.6 Å². The van der Waals surface area contributed by atoms with Crippen molar-refractivity contribution < 1.29 is 18.8 Å². The first-order valence-corrected chi connectivity index (χ1v) is 13.7. The summed E-state index contributed by atoms with van der Waals surface area (Å²) < 4.78 is 19.2. The topological polar surface area (TPSA) is 135 Å². The van der Waals surface area contributed by atoms with E-state index in [1.807, 2.05) is 49.4 Å². The predicted molar refractivity (Wildman–Crippen MR) is 167 cm³/mol. The summed E-state index contributed by atoms with van der Waals surface area (Å²) in [6, 6.07) is 22.7. The lowest BCUT2D eigenvalue weighted by molar-refractivity contribution is -0.385. The van der Waals surface area contributed by atoms with Crippen LogP contribution in [-0.2, 0) is 6.42 Å². The molecule has 0 bridgehead atoms. The van der Waals surface area contributed by atoms with Gasteiger partial charge in [-0.1, -0.05) is 36.4 Å². The summed E-state index contributed by atoms with van der Waals surface area (Å²) in [6.07, 6.45) is 4.77. The van der Waals surface area contributed by atoms with Gasteiger partial charge in [0, 0.05) is 23.1 Å². The van der Waals surface area contributed by atoms with E-state index in [4.69, 9.17) is 18.9 Å². The maximum Gasteiger partial charge on any atom is 0.287 e. The summed E-state index contributed by atoms with van der Waals surface area (Å²) >= 11 is 0. The van der Waals surface area contributed by atoms with Gasteiger partial charge >= 0.3 is 0 Å². The van der Waals surface area contributed by atoms with Crippen molar-refractivity contribution in [2.45, 2.75) is 13.3 Å². The number of rotatable bonds is 10. The van der Waals surface area contributed by atoms with Crippen LogP contribution in [0.4, 0.5) is 5.69 Å². The molecule has 218 valence electrons. The molecule has 0 spiro atoms. The zero-order chi connectivity index (χ0) is 30.6. The van der Waals surface area contributed by atoms with Crippen LogP contribution in [0.5, 0.6) is 17.4 Å². The molecule has 0 saturated heterocycles. The lowest BCUT2D eigenvalue weighted by Gasteiger charge is -2.16. The molecule has 0 aliphatic heterocycles. The second-order valence-electron chi connectivity index (χ2n) is 9.61. The average molecular weight is 588 g/mol. The summed E-state index contributed by atoms with van der Waals surface area (Å²) in [7, 11) is 0. The van der Waals surface area contributed by atoms with Gasteiger partial charge in [-0.2, -0.15) is 9.78 Å². The van der Waals surface area contributed by atoms with Crippen LogP contribution in [-0.4, -0.2) is 32.4 Å². The summed E-state index contributed by atoms with van der Waals surface area (Å²) in [5.41, 5.74) is 1.99. The van der Waals surface area contributed by atoms with Gasteiger partial charge in [0.15, 0.2) is 17.3 Å². The number of ether oxygens (including phenoxy) is 2. The summed E-state index contributed by atoms with van der Waals surface area (Å²) in [6.45, 7) is 6.02. The number of nitro groups is 1. The molecule has 6 rings (SSSR count). The molecule has 0 saturated carbocycles. The first kappa shape index (κ1) is 28.0. The highest BCUT2D eigenvalue weighted by Gasteiger charge is 2.18. The minimum absolute atomic E-state index is 0.152. The molecule has 0 atom stereocenters. The number of para-hydroxylation sites is 2. The molecule has 0 aliphatic rings. The van der Waals surface area contributed by atoms with E-state index < -0.39 is 4.92 Å². The Morgan fingerprint density at radius 1 is 1.09 bits per heavy atom. The lowest BCUT2D eigenvalue weighted by atomic mass is 10.1. The number of hydrogen-bond acceptors (Lipinski definition) is 9. The van der Waals surface area contributed by atoms with Crippen LogP contribution in [0.3, 0.4) is 0 Å². The smallest absolute Gasteiger partial charge is 0.287 e. The van der Waals surface area contributed by atoms with Crippen LogP contribution in [0.1, 0.15) is 18.1 Å². The minimum Gasteiger partial charge on any atom is -0.490 e. The number of aromatic nitrogens is 3. The number of pyridine rings is 1. The Morgan fingerprint density at radius 3 is 2.66 bits per heavy atom. The van der Waals surface area contributed by atoms with Gasteiger partial charge in [-0.3, -0.25) is 14.9 Å². The summed E-state index contributed by atoms with van der Waals surface area (Å²) in [5.74, 6) is 1.59. The minimum atomic E-state index is -0.532. The van der Waals surface area contributed by atoms with Gasteiger partial charge in [0.1, 0.15) is 11.8 Å². The van der Waals surface area contributed by atoms with Crippen LogP contribution >= 0.6 is 0 Å². The molecule has 3 heterocycles. The highest BCUT2D eigenvalue weighted by Crippen LogP contribution is 2.37. The van der Waals surface area contributed by atoms with Crippen molar-refractivity contribution in [2.24, 2.45) is 5.10 Å². The molecule has 0 radical (unpaired) electrons. The highest BCUT2D eigenvalue weighted by molar-refractivity contribution is 5.85. The van der Waals surface area contributed by atoms with Gasteiger partial charge in [0.25, 0.3) is 11.2 Å². The first-order chi connectivity index (χ1) is 21.4. The Kier molecular flexibility index (Phi) is 7.66. The quantitative estimate of drug-likeness (QED) is 0.0730. The number of fused-ring (bicyclic) bond motifs is 2. The second kappa shape index (κ2) is 12.0. The Labute approximate surface area is 250 Å². The summed E-state index contributed by atoms with van der Waals surface area (Å²) in [5, 5.41) is 16.9. The van der Waals surface area contributed by atoms with Crippen molar-refractivity contribution in [1.29, 1.82) is 0 Å². The fraction of sp³-hybridized carbons (Fsp3) is 0.0909. The molecular formula is C33H25N5O6. The molecule has 0 amide bonds. The van der Waals surface area contributed by atoms with Crippen molar-refractivity contribution >= 4 is 33.8 Å². The third-order valence-corrected chi connectivity index (χ3v) is 6.68.